The zero-order chi connectivity index (χ0) is 18.5. The topological polar surface area (TPSA) is 128 Å². The van der Waals surface area contributed by atoms with Gasteiger partial charge in [-0.15, -0.1) is 0 Å². The molecule has 0 aliphatic heterocycles. The highest BCUT2D eigenvalue weighted by atomic mass is 32.2. The standard InChI is InChI=1S/C17H14N4O4S/c1-9-6-10-2-3-11(7-14(10)18-16(9)22)21-26(24,25)12-4-5-13-15(8-12)20-17(23)19-13/h2-8,21H,1H3,(H,18,22)(H2,19,20,23). The number of hydrogen-bond donors (Lipinski definition) is 4. The zero-order valence-corrected chi connectivity index (χ0v) is 14.4. The maximum absolute atomic E-state index is 12.6. The van der Waals surface area contributed by atoms with E-state index in [1.807, 2.05) is 0 Å². The van der Waals surface area contributed by atoms with E-state index in [4.69, 9.17) is 0 Å². The number of nitrogens with one attached hydrogen (secondary N) is 4. The maximum atomic E-state index is 12.6. The minimum absolute atomic E-state index is 0.0118. The highest BCUT2D eigenvalue weighted by Crippen LogP contribution is 2.22. The molecule has 4 N–H and O–H groups in total. The van der Waals surface area contributed by atoms with E-state index in [9.17, 15) is 18.0 Å². The second kappa shape index (κ2) is 5.60. The molecule has 4 rings (SSSR count). The predicted octanol–water partition coefficient (Wildman–Crippen LogP) is 1.81. The Morgan fingerprint density at radius 3 is 2.42 bits per heavy atom. The SMILES string of the molecule is Cc1cc2ccc(NS(=O)(=O)c3ccc4[nH]c(=O)[nH]c4c3)cc2[nH]c1=O. The number of benzene rings is 2. The molecule has 0 saturated heterocycles. The van der Waals surface area contributed by atoms with E-state index in [-0.39, 0.29) is 10.5 Å². The average molecular weight is 370 g/mol. The number of rotatable bonds is 3. The molecule has 0 atom stereocenters. The summed E-state index contributed by atoms with van der Waals surface area (Å²) < 4.78 is 27.7. The van der Waals surface area contributed by atoms with Crippen LogP contribution in [0.3, 0.4) is 0 Å². The number of sulfonamides is 1. The minimum atomic E-state index is -3.86. The molecule has 2 aromatic carbocycles. The fourth-order valence-electron chi connectivity index (χ4n) is 2.77. The molecule has 0 unspecified atom stereocenters. The van der Waals surface area contributed by atoms with Crippen molar-refractivity contribution in [2.75, 3.05) is 4.72 Å². The first-order chi connectivity index (χ1) is 12.3. The van der Waals surface area contributed by atoms with Gasteiger partial charge in [0.1, 0.15) is 0 Å². The highest BCUT2D eigenvalue weighted by Gasteiger charge is 2.16. The van der Waals surface area contributed by atoms with E-state index >= 15 is 0 Å². The second-order valence-electron chi connectivity index (χ2n) is 5.98. The molecule has 26 heavy (non-hydrogen) atoms. The average Bonchev–Trinajstić information content (AvgIpc) is 2.95. The van der Waals surface area contributed by atoms with Crippen LogP contribution in [0.25, 0.3) is 21.9 Å². The smallest absolute Gasteiger partial charge is 0.322 e. The summed E-state index contributed by atoms with van der Waals surface area (Å²) in [6, 6.07) is 10.9. The molecule has 4 aromatic rings. The molecule has 0 aliphatic rings. The molecule has 2 aromatic heterocycles. The summed E-state index contributed by atoms with van der Waals surface area (Å²) in [5.74, 6) is 0. The Balaban J connectivity index is 1.74. The molecule has 0 amide bonds. The van der Waals surface area contributed by atoms with Crippen LogP contribution in [-0.4, -0.2) is 23.4 Å². The molecule has 8 nitrogen and oxygen atoms in total. The number of aromatic amines is 3. The molecule has 0 bridgehead atoms. The lowest BCUT2D eigenvalue weighted by atomic mass is 10.1. The molecule has 0 spiro atoms. The summed E-state index contributed by atoms with van der Waals surface area (Å²) in [6.07, 6.45) is 0. The number of imidazole rings is 1. The van der Waals surface area contributed by atoms with Crippen LogP contribution in [0.15, 0.2) is 56.9 Å². The van der Waals surface area contributed by atoms with E-state index in [1.165, 1.54) is 18.2 Å². The summed E-state index contributed by atoms with van der Waals surface area (Å²) >= 11 is 0. The quantitative estimate of drug-likeness (QED) is 0.438. The van der Waals surface area contributed by atoms with Crippen molar-refractivity contribution in [3.8, 4) is 0 Å². The largest absolute Gasteiger partial charge is 0.323 e. The molecule has 9 heteroatoms. The van der Waals surface area contributed by atoms with Crippen LogP contribution in [-0.2, 0) is 10.0 Å². The molecule has 2 heterocycles. The lowest BCUT2D eigenvalue weighted by Gasteiger charge is -2.09. The second-order valence-corrected chi connectivity index (χ2v) is 7.66. The van der Waals surface area contributed by atoms with Crippen LogP contribution in [0.1, 0.15) is 5.56 Å². The lowest BCUT2D eigenvalue weighted by Crippen LogP contribution is -2.13. The Bertz CT molecular complexity index is 1380. The normalized spacial score (nSPS) is 11.9. The van der Waals surface area contributed by atoms with Crippen molar-refractivity contribution in [1.82, 2.24) is 15.0 Å². The van der Waals surface area contributed by atoms with E-state index in [0.717, 1.165) is 5.39 Å². The van der Waals surface area contributed by atoms with Crippen LogP contribution in [0.2, 0.25) is 0 Å². The predicted molar refractivity (Wildman–Crippen MR) is 99.0 cm³/mol. The number of fused-ring (bicyclic) bond motifs is 2. The maximum Gasteiger partial charge on any atom is 0.323 e. The van der Waals surface area contributed by atoms with Crippen molar-refractivity contribution in [3.05, 3.63) is 68.9 Å². The van der Waals surface area contributed by atoms with Gasteiger partial charge in [-0.1, -0.05) is 6.07 Å². The minimum Gasteiger partial charge on any atom is -0.322 e. The summed E-state index contributed by atoms with van der Waals surface area (Å²) in [5.41, 5.74) is 1.73. The monoisotopic (exact) mass is 370 g/mol. The van der Waals surface area contributed by atoms with Crippen LogP contribution in [0, 0.1) is 6.92 Å². The van der Waals surface area contributed by atoms with Gasteiger partial charge in [0, 0.05) is 5.56 Å². The number of aryl methyl sites for hydroxylation is 1. The number of H-pyrrole nitrogens is 3. The molecule has 0 fully saturated rings. The van der Waals surface area contributed by atoms with Crippen molar-refractivity contribution in [3.63, 3.8) is 0 Å². The third-order valence-electron chi connectivity index (χ3n) is 4.08. The first kappa shape index (κ1) is 16.2. The van der Waals surface area contributed by atoms with Crippen LogP contribution < -0.4 is 16.0 Å². The van der Waals surface area contributed by atoms with Crippen LogP contribution >= 0.6 is 0 Å². The van der Waals surface area contributed by atoms with Crippen molar-refractivity contribution < 1.29 is 8.42 Å². The Labute approximate surface area is 146 Å². The lowest BCUT2D eigenvalue weighted by molar-refractivity contribution is 0.601. The van der Waals surface area contributed by atoms with E-state index in [1.54, 1.807) is 31.2 Å². The van der Waals surface area contributed by atoms with Crippen LogP contribution in [0.5, 0.6) is 0 Å². The van der Waals surface area contributed by atoms with Gasteiger partial charge in [-0.25, -0.2) is 13.2 Å². The summed E-state index contributed by atoms with van der Waals surface area (Å²) in [6.45, 7) is 1.70. The Morgan fingerprint density at radius 2 is 1.62 bits per heavy atom. The van der Waals surface area contributed by atoms with Gasteiger partial charge < -0.3 is 15.0 Å². The highest BCUT2D eigenvalue weighted by molar-refractivity contribution is 7.92. The molecule has 132 valence electrons. The van der Waals surface area contributed by atoms with Gasteiger partial charge in [-0.05, 0) is 48.7 Å². The van der Waals surface area contributed by atoms with Crippen molar-refractivity contribution in [2.24, 2.45) is 0 Å². The first-order valence-corrected chi connectivity index (χ1v) is 9.19. The fourth-order valence-corrected chi connectivity index (χ4v) is 3.84. The molecule has 0 radical (unpaired) electrons. The Kier molecular flexibility index (Phi) is 3.48. The number of pyridine rings is 1. The fraction of sp³-hybridized carbons (Fsp3) is 0.0588. The molecule has 0 aliphatic carbocycles. The van der Waals surface area contributed by atoms with Crippen molar-refractivity contribution >= 4 is 37.6 Å². The molecular formula is C17H14N4O4S. The summed E-state index contributed by atoms with van der Waals surface area (Å²) in [7, 11) is -3.86. The number of aromatic nitrogens is 3. The van der Waals surface area contributed by atoms with Gasteiger partial charge in [0.2, 0.25) is 0 Å². The Hall–Kier alpha value is -3.33. The van der Waals surface area contributed by atoms with Gasteiger partial charge in [0.05, 0.1) is 27.1 Å². The van der Waals surface area contributed by atoms with E-state index in [2.05, 4.69) is 19.7 Å². The van der Waals surface area contributed by atoms with Crippen molar-refractivity contribution in [1.29, 1.82) is 0 Å². The van der Waals surface area contributed by atoms with Gasteiger partial charge in [-0.2, -0.15) is 0 Å². The van der Waals surface area contributed by atoms with E-state index < -0.39 is 15.7 Å². The molecule has 0 saturated carbocycles. The van der Waals surface area contributed by atoms with Gasteiger partial charge in [-0.3, -0.25) is 9.52 Å². The molecular weight excluding hydrogens is 356 g/mol. The third kappa shape index (κ3) is 2.78. The third-order valence-corrected chi connectivity index (χ3v) is 5.46. The number of anilines is 1. The Morgan fingerprint density at radius 1 is 0.846 bits per heavy atom. The zero-order valence-electron chi connectivity index (χ0n) is 13.6. The summed E-state index contributed by atoms with van der Waals surface area (Å²) in [5, 5.41) is 0.802. The summed E-state index contributed by atoms with van der Waals surface area (Å²) in [4.78, 5) is 30.9. The van der Waals surface area contributed by atoms with Gasteiger partial charge in [0.25, 0.3) is 15.6 Å². The van der Waals surface area contributed by atoms with Gasteiger partial charge in [0.15, 0.2) is 0 Å². The van der Waals surface area contributed by atoms with Gasteiger partial charge >= 0.3 is 5.69 Å². The van der Waals surface area contributed by atoms with Crippen molar-refractivity contribution in [2.45, 2.75) is 11.8 Å². The van der Waals surface area contributed by atoms with Crippen LogP contribution in [0.4, 0.5) is 5.69 Å². The van der Waals surface area contributed by atoms with E-state index in [0.29, 0.717) is 27.8 Å². The first-order valence-electron chi connectivity index (χ1n) is 7.70. The number of hydrogen-bond acceptors (Lipinski definition) is 4.